The van der Waals surface area contributed by atoms with Crippen molar-refractivity contribution in [2.45, 2.75) is 6.92 Å². The standard InChI is InChI=1S/C3H9N3/c1-3-5-6(2)4/h3H,4H2,1-2H3/b5-3-. The summed E-state index contributed by atoms with van der Waals surface area (Å²) in [5.74, 6) is 5.04. The minimum absolute atomic E-state index is 1.25. The van der Waals surface area contributed by atoms with Gasteiger partial charge in [-0.3, -0.25) is 0 Å². The minimum atomic E-state index is 1.25. The number of hydrogen-bond donors (Lipinski definition) is 1. The highest BCUT2D eigenvalue weighted by atomic mass is 15.6. The van der Waals surface area contributed by atoms with E-state index in [-0.39, 0.29) is 0 Å². The average Bonchev–Trinajstić information content (AvgIpc) is 1.35. The van der Waals surface area contributed by atoms with Crippen LogP contribution in [0.2, 0.25) is 0 Å². The molecule has 0 aliphatic rings. The molecule has 0 spiro atoms. The minimum Gasteiger partial charge on any atom is -0.236 e. The first-order valence-electron chi connectivity index (χ1n) is 1.74. The third-order valence-electron chi connectivity index (χ3n) is 0.298. The highest BCUT2D eigenvalue weighted by molar-refractivity contribution is 5.52. The van der Waals surface area contributed by atoms with Gasteiger partial charge in [-0.25, -0.2) is 11.0 Å². The highest BCUT2D eigenvalue weighted by Crippen LogP contribution is 1.61. The fourth-order valence-corrected chi connectivity index (χ4v) is 0.182. The Morgan fingerprint density at radius 3 is 2.33 bits per heavy atom. The van der Waals surface area contributed by atoms with Crippen molar-refractivity contribution in [3.63, 3.8) is 0 Å². The van der Waals surface area contributed by atoms with E-state index in [0.717, 1.165) is 0 Å². The topological polar surface area (TPSA) is 41.6 Å². The third-order valence-corrected chi connectivity index (χ3v) is 0.298. The molecule has 0 rings (SSSR count). The lowest BCUT2D eigenvalue weighted by Crippen LogP contribution is -2.18. The van der Waals surface area contributed by atoms with Gasteiger partial charge in [0, 0.05) is 13.3 Å². The van der Waals surface area contributed by atoms with Crippen molar-refractivity contribution in [1.29, 1.82) is 0 Å². The molecule has 36 valence electrons. The van der Waals surface area contributed by atoms with Crippen LogP contribution in [-0.4, -0.2) is 18.4 Å². The van der Waals surface area contributed by atoms with E-state index in [1.165, 1.54) is 5.12 Å². The first kappa shape index (κ1) is 5.43. The molecule has 0 saturated carbocycles. The molecule has 2 N–H and O–H groups in total. The predicted octanol–water partition coefficient (Wildman–Crippen LogP) is -0.202. The van der Waals surface area contributed by atoms with Crippen molar-refractivity contribution < 1.29 is 0 Å². The molecule has 6 heavy (non-hydrogen) atoms. The molecule has 0 unspecified atom stereocenters. The van der Waals surface area contributed by atoms with E-state index in [2.05, 4.69) is 5.10 Å². The zero-order chi connectivity index (χ0) is 4.99. The van der Waals surface area contributed by atoms with Crippen LogP contribution in [0, 0.1) is 0 Å². The van der Waals surface area contributed by atoms with Gasteiger partial charge in [0.1, 0.15) is 0 Å². The lowest BCUT2D eigenvalue weighted by atomic mass is 10.9. The van der Waals surface area contributed by atoms with Crippen LogP contribution in [-0.2, 0) is 0 Å². The molecule has 3 nitrogen and oxygen atoms in total. The van der Waals surface area contributed by atoms with Crippen molar-refractivity contribution in [3.05, 3.63) is 0 Å². The second kappa shape index (κ2) is 2.66. The maximum atomic E-state index is 5.04. The van der Waals surface area contributed by atoms with Gasteiger partial charge in [0.15, 0.2) is 0 Å². The van der Waals surface area contributed by atoms with Crippen LogP contribution in [0.1, 0.15) is 6.92 Å². The van der Waals surface area contributed by atoms with E-state index in [1.54, 1.807) is 13.3 Å². The Morgan fingerprint density at radius 1 is 1.83 bits per heavy atom. The van der Waals surface area contributed by atoms with Crippen LogP contribution in [0.4, 0.5) is 0 Å². The highest BCUT2D eigenvalue weighted by Gasteiger charge is 1.66. The summed E-state index contributed by atoms with van der Waals surface area (Å²) in [6.07, 6.45) is 1.62. The van der Waals surface area contributed by atoms with Crippen molar-refractivity contribution in [2.75, 3.05) is 7.05 Å². The molecule has 0 bridgehead atoms. The summed E-state index contributed by atoms with van der Waals surface area (Å²) in [5, 5.41) is 4.86. The maximum absolute atomic E-state index is 5.04. The Labute approximate surface area is 37.4 Å². The summed E-state index contributed by atoms with van der Waals surface area (Å²) in [6, 6.07) is 0. The first-order valence-corrected chi connectivity index (χ1v) is 1.74. The summed E-state index contributed by atoms with van der Waals surface area (Å²) in [6.45, 7) is 1.81. The molecule has 0 heterocycles. The molecule has 0 aliphatic carbocycles. The predicted molar refractivity (Wildman–Crippen MR) is 26.1 cm³/mol. The van der Waals surface area contributed by atoms with Crippen molar-refractivity contribution in [2.24, 2.45) is 10.9 Å². The van der Waals surface area contributed by atoms with Crippen LogP contribution in [0.25, 0.3) is 0 Å². The Kier molecular flexibility index (Phi) is 2.40. The van der Waals surface area contributed by atoms with E-state index >= 15 is 0 Å². The quantitative estimate of drug-likeness (QED) is 0.273. The Morgan fingerprint density at radius 2 is 2.33 bits per heavy atom. The molecule has 0 radical (unpaired) electrons. The smallest absolute Gasteiger partial charge is 0.0419 e. The zero-order valence-corrected chi connectivity index (χ0v) is 4.05. The molecule has 0 aromatic rings. The van der Waals surface area contributed by atoms with Crippen LogP contribution < -0.4 is 5.84 Å². The lowest BCUT2D eigenvalue weighted by Gasteiger charge is -1.98. The van der Waals surface area contributed by atoms with Crippen LogP contribution >= 0.6 is 0 Å². The summed E-state index contributed by atoms with van der Waals surface area (Å²) >= 11 is 0. The van der Waals surface area contributed by atoms with Gasteiger partial charge in [-0.2, -0.15) is 5.10 Å². The van der Waals surface area contributed by atoms with Gasteiger partial charge in [-0.15, -0.1) is 0 Å². The molecule has 0 atom stereocenters. The van der Waals surface area contributed by atoms with Gasteiger partial charge in [0.25, 0.3) is 0 Å². The molecule has 0 saturated heterocycles. The molecule has 3 heteroatoms. The monoisotopic (exact) mass is 87.1 g/mol. The van der Waals surface area contributed by atoms with E-state index in [4.69, 9.17) is 5.84 Å². The second-order valence-corrected chi connectivity index (χ2v) is 0.947. The maximum Gasteiger partial charge on any atom is 0.0419 e. The zero-order valence-electron chi connectivity index (χ0n) is 4.05. The largest absolute Gasteiger partial charge is 0.236 e. The van der Waals surface area contributed by atoms with Crippen LogP contribution in [0.15, 0.2) is 5.10 Å². The number of nitrogens with zero attached hydrogens (tertiary/aromatic N) is 2. The summed E-state index contributed by atoms with van der Waals surface area (Å²) in [5.41, 5.74) is 0. The van der Waals surface area contributed by atoms with Crippen molar-refractivity contribution in [3.8, 4) is 0 Å². The number of nitrogens with two attached hydrogens (primary N) is 1. The summed E-state index contributed by atoms with van der Waals surface area (Å²) < 4.78 is 0. The second-order valence-electron chi connectivity index (χ2n) is 0.947. The van der Waals surface area contributed by atoms with Crippen LogP contribution in [0.5, 0.6) is 0 Å². The van der Waals surface area contributed by atoms with Gasteiger partial charge < -0.3 is 0 Å². The lowest BCUT2D eigenvalue weighted by molar-refractivity contribution is 0.374. The molecule has 0 amide bonds. The van der Waals surface area contributed by atoms with Gasteiger partial charge in [-0.1, -0.05) is 0 Å². The molecule has 0 aromatic heterocycles. The number of hydrogen-bond acceptors (Lipinski definition) is 3. The van der Waals surface area contributed by atoms with E-state index < -0.39 is 0 Å². The Balaban J connectivity index is 3.03. The molecular weight excluding hydrogens is 78.1 g/mol. The first-order chi connectivity index (χ1) is 2.77. The van der Waals surface area contributed by atoms with Gasteiger partial charge in [0.05, 0.1) is 0 Å². The Bertz CT molecular complexity index is 48.0. The normalized spacial score (nSPS) is 9.83. The van der Waals surface area contributed by atoms with E-state index in [9.17, 15) is 0 Å². The van der Waals surface area contributed by atoms with E-state index in [0.29, 0.717) is 0 Å². The molecule has 0 aliphatic heterocycles. The summed E-state index contributed by atoms with van der Waals surface area (Å²) in [7, 11) is 1.67. The SMILES string of the molecule is C/C=N\N(C)N. The van der Waals surface area contributed by atoms with Gasteiger partial charge in [-0.05, 0) is 6.92 Å². The molecule has 0 fully saturated rings. The average molecular weight is 87.1 g/mol. The van der Waals surface area contributed by atoms with Crippen molar-refractivity contribution in [1.82, 2.24) is 5.12 Å². The fraction of sp³-hybridized carbons (Fsp3) is 0.667. The summed E-state index contributed by atoms with van der Waals surface area (Å²) in [4.78, 5) is 0. The van der Waals surface area contributed by atoms with Gasteiger partial charge in [0.2, 0.25) is 0 Å². The van der Waals surface area contributed by atoms with Gasteiger partial charge >= 0.3 is 0 Å². The third kappa shape index (κ3) is 3.43. The molecule has 0 aromatic carbocycles. The molecular formula is C3H9N3. The number of hydrazone groups is 1. The Hall–Kier alpha value is -0.570. The number of hydrazine groups is 1. The van der Waals surface area contributed by atoms with Crippen LogP contribution in [0.3, 0.4) is 0 Å². The number of rotatable bonds is 1. The van der Waals surface area contributed by atoms with E-state index in [1.807, 2.05) is 6.92 Å². The van der Waals surface area contributed by atoms with Crippen molar-refractivity contribution >= 4 is 6.21 Å². The fourth-order valence-electron chi connectivity index (χ4n) is 0.182.